The zero-order chi connectivity index (χ0) is 11.9. The molecule has 1 aromatic rings. The highest BCUT2D eigenvalue weighted by atomic mass is 16.6. The zero-order valence-electron chi connectivity index (χ0n) is 9.08. The first-order chi connectivity index (χ1) is 7.52. The summed E-state index contributed by atoms with van der Waals surface area (Å²) in [5.74, 6) is -0.0603. The van der Waals surface area contributed by atoms with E-state index in [1.54, 1.807) is 4.90 Å². The number of nitro groups is 1. The summed E-state index contributed by atoms with van der Waals surface area (Å²) in [6, 6.07) is 6.24. The molecule has 1 amide bonds. The van der Waals surface area contributed by atoms with Crippen molar-refractivity contribution >= 4 is 11.6 Å². The van der Waals surface area contributed by atoms with Crippen LogP contribution >= 0.6 is 0 Å². The standard InChI is InChI=1S/C11H12N2O3/c1-7-8(2)12(7)11(14)9-3-5-10(6-4-9)13(15)16/h3-8H,1-2H3/t7-,8+,12?. The third-order valence-corrected chi connectivity index (χ3v) is 3.05. The van der Waals surface area contributed by atoms with Gasteiger partial charge >= 0.3 is 0 Å². The topological polar surface area (TPSA) is 63.2 Å². The summed E-state index contributed by atoms with van der Waals surface area (Å²) in [5, 5.41) is 10.4. The number of hydrogen-bond donors (Lipinski definition) is 0. The molecule has 1 aliphatic heterocycles. The van der Waals surface area contributed by atoms with Gasteiger partial charge in [-0.1, -0.05) is 0 Å². The molecule has 0 N–H and O–H groups in total. The second-order valence-corrected chi connectivity index (χ2v) is 4.00. The van der Waals surface area contributed by atoms with E-state index in [0.29, 0.717) is 5.56 Å². The van der Waals surface area contributed by atoms with Gasteiger partial charge < -0.3 is 4.90 Å². The third kappa shape index (κ3) is 1.64. The Balaban J connectivity index is 2.16. The number of amides is 1. The van der Waals surface area contributed by atoms with E-state index in [4.69, 9.17) is 0 Å². The Labute approximate surface area is 92.8 Å². The molecule has 0 bridgehead atoms. The van der Waals surface area contributed by atoms with Gasteiger partial charge in [0.1, 0.15) is 0 Å². The van der Waals surface area contributed by atoms with E-state index in [1.165, 1.54) is 24.3 Å². The number of nitro benzene ring substituents is 1. The van der Waals surface area contributed by atoms with Crippen LogP contribution in [0.3, 0.4) is 0 Å². The molecule has 0 aliphatic carbocycles. The maximum absolute atomic E-state index is 11.9. The van der Waals surface area contributed by atoms with E-state index in [9.17, 15) is 14.9 Å². The normalized spacial score (nSPS) is 23.0. The lowest BCUT2D eigenvalue weighted by Crippen LogP contribution is -2.13. The van der Waals surface area contributed by atoms with E-state index in [2.05, 4.69) is 0 Å². The fraction of sp³-hybridized carbons (Fsp3) is 0.364. The van der Waals surface area contributed by atoms with Crippen LogP contribution in [-0.2, 0) is 0 Å². The lowest BCUT2D eigenvalue weighted by atomic mass is 10.2. The summed E-state index contributed by atoms with van der Waals surface area (Å²) in [4.78, 5) is 23.6. The molecule has 1 heterocycles. The Morgan fingerprint density at radius 3 is 2.12 bits per heavy atom. The van der Waals surface area contributed by atoms with Gasteiger partial charge in [0.05, 0.1) is 4.92 Å². The molecule has 1 aromatic carbocycles. The maximum atomic E-state index is 11.9. The molecule has 2 atom stereocenters. The lowest BCUT2D eigenvalue weighted by Gasteiger charge is -2.02. The van der Waals surface area contributed by atoms with Crippen molar-refractivity contribution in [1.82, 2.24) is 4.90 Å². The molecule has 1 saturated heterocycles. The molecule has 84 valence electrons. The average molecular weight is 220 g/mol. The van der Waals surface area contributed by atoms with E-state index in [1.807, 2.05) is 13.8 Å². The average Bonchev–Trinajstić information content (AvgIpc) is 2.86. The Morgan fingerprint density at radius 1 is 1.25 bits per heavy atom. The van der Waals surface area contributed by atoms with Crippen LogP contribution in [0.1, 0.15) is 24.2 Å². The second kappa shape index (κ2) is 3.59. The highest BCUT2D eigenvalue weighted by Crippen LogP contribution is 2.29. The van der Waals surface area contributed by atoms with E-state index in [-0.39, 0.29) is 23.7 Å². The number of nitrogens with zero attached hydrogens (tertiary/aromatic N) is 2. The quantitative estimate of drug-likeness (QED) is 0.434. The van der Waals surface area contributed by atoms with Crippen LogP contribution < -0.4 is 0 Å². The maximum Gasteiger partial charge on any atom is 0.269 e. The minimum Gasteiger partial charge on any atom is -0.329 e. The van der Waals surface area contributed by atoms with Crippen molar-refractivity contribution in [3.05, 3.63) is 39.9 Å². The molecular weight excluding hydrogens is 208 g/mol. The minimum absolute atomic E-state index is 0.00319. The van der Waals surface area contributed by atoms with Crippen LogP contribution in [0.4, 0.5) is 5.69 Å². The van der Waals surface area contributed by atoms with Crippen molar-refractivity contribution in [2.45, 2.75) is 25.9 Å². The first-order valence-electron chi connectivity index (χ1n) is 5.09. The molecule has 0 saturated carbocycles. The van der Waals surface area contributed by atoms with Gasteiger partial charge in [-0.3, -0.25) is 14.9 Å². The first kappa shape index (κ1) is 10.6. The van der Waals surface area contributed by atoms with Gasteiger partial charge in [0.15, 0.2) is 0 Å². The van der Waals surface area contributed by atoms with Gasteiger partial charge in [0, 0.05) is 29.8 Å². The summed E-state index contributed by atoms with van der Waals surface area (Å²) in [5.41, 5.74) is 0.505. The van der Waals surface area contributed by atoms with Crippen molar-refractivity contribution in [1.29, 1.82) is 0 Å². The number of carbonyl (C=O) groups excluding carboxylic acids is 1. The highest BCUT2D eigenvalue weighted by molar-refractivity contribution is 5.96. The van der Waals surface area contributed by atoms with Crippen molar-refractivity contribution in [2.75, 3.05) is 0 Å². The van der Waals surface area contributed by atoms with Gasteiger partial charge in [0.2, 0.25) is 0 Å². The summed E-state index contributed by atoms with van der Waals surface area (Å²) >= 11 is 0. The fourth-order valence-electron chi connectivity index (χ4n) is 1.75. The van der Waals surface area contributed by atoms with Crippen molar-refractivity contribution in [3.8, 4) is 0 Å². The highest BCUT2D eigenvalue weighted by Gasteiger charge is 2.43. The molecule has 1 fully saturated rings. The number of hydrogen-bond acceptors (Lipinski definition) is 3. The summed E-state index contributed by atoms with van der Waals surface area (Å²) in [6.45, 7) is 3.96. The van der Waals surface area contributed by atoms with Crippen LogP contribution in [0.15, 0.2) is 24.3 Å². The van der Waals surface area contributed by atoms with Crippen molar-refractivity contribution in [2.24, 2.45) is 0 Å². The Bertz CT molecular complexity index is 433. The molecule has 5 heteroatoms. The van der Waals surface area contributed by atoms with Crippen LogP contribution in [0, 0.1) is 10.1 Å². The van der Waals surface area contributed by atoms with E-state index < -0.39 is 4.92 Å². The molecule has 5 nitrogen and oxygen atoms in total. The molecule has 0 aromatic heterocycles. The fourth-order valence-corrected chi connectivity index (χ4v) is 1.75. The Kier molecular flexibility index (Phi) is 2.38. The lowest BCUT2D eigenvalue weighted by molar-refractivity contribution is -0.384. The molecule has 0 spiro atoms. The van der Waals surface area contributed by atoms with Crippen LogP contribution in [0.2, 0.25) is 0 Å². The molecule has 0 radical (unpaired) electrons. The number of rotatable bonds is 2. The monoisotopic (exact) mass is 220 g/mol. The predicted octanol–water partition coefficient (Wildman–Crippen LogP) is 1.83. The van der Waals surface area contributed by atoms with Crippen molar-refractivity contribution < 1.29 is 9.72 Å². The van der Waals surface area contributed by atoms with Gasteiger partial charge in [-0.2, -0.15) is 0 Å². The minimum atomic E-state index is -0.475. The second-order valence-electron chi connectivity index (χ2n) is 4.00. The van der Waals surface area contributed by atoms with Crippen LogP contribution in [0.25, 0.3) is 0 Å². The Morgan fingerprint density at radius 2 is 1.75 bits per heavy atom. The molecule has 0 unspecified atom stereocenters. The predicted molar refractivity (Wildman–Crippen MR) is 58.2 cm³/mol. The number of non-ortho nitro benzene ring substituents is 1. The zero-order valence-corrected chi connectivity index (χ0v) is 9.08. The number of benzene rings is 1. The summed E-state index contributed by atoms with van der Waals surface area (Å²) in [6.07, 6.45) is 0. The van der Waals surface area contributed by atoms with E-state index in [0.717, 1.165) is 0 Å². The van der Waals surface area contributed by atoms with Crippen LogP contribution in [0.5, 0.6) is 0 Å². The largest absolute Gasteiger partial charge is 0.329 e. The number of carbonyl (C=O) groups is 1. The molecule has 16 heavy (non-hydrogen) atoms. The summed E-state index contributed by atoms with van der Waals surface area (Å²) in [7, 11) is 0. The SMILES string of the molecule is C[C@@H]1[C@H](C)N1C(=O)c1ccc([N+](=O)[O-])cc1. The summed E-state index contributed by atoms with van der Waals surface area (Å²) < 4.78 is 0. The molecule has 2 rings (SSSR count). The first-order valence-corrected chi connectivity index (χ1v) is 5.09. The smallest absolute Gasteiger partial charge is 0.269 e. The van der Waals surface area contributed by atoms with Gasteiger partial charge in [0.25, 0.3) is 11.6 Å². The van der Waals surface area contributed by atoms with E-state index >= 15 is 0 Å². The van der Waals surface area contributed by atoms with Crippen LogP contribution in [-0.4, -0.2) is 27.8 Å². The Hall–Kier alpha value is -1.91. The van der Waals surface area contributed by atoms with Crippen molar-refractivity contribution in [3.63, 3.8) is 0 Å². The molecular formula is C11H12N2O3. The third-order valence-electron chi connectivity index (χ3n) is 3.05. The molecule has 1 aliphatic rings. The van der Waals surface area contributed by atoms with Gasteiger partial charge in [-0.05, 0) is 26.0 Å². The van der Waals surface area contributed by atoms with Gasteiger partial charge in [-0.15, -0.1) is 0 Å². The van der Waals surface area contributed by atoms with Gasteiger partial charge in [-0.25, -0.2) is 0 Å².